The van der Waals surface area contributed by atoms with Crippen LogP contribution in [0, 0.1) is 5.82 Å². The van der Waals surface area contributed by atoms with Gasteiger partial charge in [-0.05, 0) is 6.07 Å². The van der Waals surface area contributed by atoms with E-state index in [-0.39, 0.29) is 12.1 Å². The number of hydrogen-bond donors (Lipinski definition) is 3. The van der Waals surface area contributed by atoms with E-state index in [1.165, 1.54) is 12.3 Å². The summed E-state index contributed by atoms with van der Waals surface area (Å²) in [5, 5.41) is 11.1. The van der Waals surface area contributed by atoms with Gasteiger partial charge in [0.25, 0.3) is 0 Å². The van der Waals surface area contributed by atoms with E-state index in [9.17, 15) is 4.39 Å². The van der Waals surface area contributed by atoms with E-state index in [0.29, 0.717) is 5.65 Å². The van der Waals surface area contributed by atoms with Crippen LogP contribution in [0.4, 0.5) is 10.1 Å². The molecule has 0 unspecified atom stereocenters. The number of aliphatic carboxylic acids is 1. The van der Waals surface area contributed by atoms with E-state index in [1.54, 1.807) is 13.2 Å². The molecule has 0 fully saturated rings. The van der Waals surface area contributed by atoms with E-state index >= 15 is 0 Å². The Hall–Kier alpha value is -2.44. The zero-order chi connectivity index (χ0) is 12.8. The van der Waals surface area contributed by atoms with Crippen LogP contribution in [0.5, 0.6) is 0 Å². The first-order valence-electron chi connectivity index (χ1n) is 4.57. The summed E-state index contributed by atoms with van der Waals surface area (Å²) < 4.78 is 12.7. The maximum atomic E-state index is 12.7. The molecule has 0 amide bonds. The number of halogens is 1. The van der Waals surface area contributed by atoms with Crippen molar-refractivity contribution in [3.05, 3.63) is 24.3 Å². The zero-order valence-corrected chi connectivity index (χ0v) is 8.90. The van der Waals surface area contributed by atoms with Gasteiger partial charge >= 0.3 is 5.97 Å². The van der Waals surface area contributed by atoms with Crippen LogP contribution in [-0.2, 0) is 9.59 Å². The number of pyridine rings is 1. The number of rotatable bonds is 2. The molecule has 3 N–H and O–H groups in total. The Morgan fingerprint density at radius 3 is 2.82 bits per heavy atom. The number of aldehydes is 1. The highest BCUT2D eigenvalue weighted by Crippen LogP contribution is 2.20. The summed E-state index contributed by atoms with van der Waals surface area (Å²) in [6.07, 6.45) is 2.79. The third-order valence-electron chi connectivity index (χ3n) is 1.87. The lowest BCUT2D eigenvalue weighted by atomic mass is 10.3. The molecule has 2 rings (SSSR count). The lowest BCUT2D eigenvalue weighted by Crippen LogP contribution is -1.91. The number of hydrogen-bond acceptors (Lipinski definition) is 4. The number of nitrogens with one attached hydrogen (secondary N) is 2. The summed E-state index contributed by atoms with van der Waals surface area (Å²) in [7, 11) is 1.79. The highest BCUT2D eigenvalue weighted by Gasteiger charge is 2.03. The Morgan fingerprint density at radius 1 is 1.65 bits per heavy atom. The van der Waals surface area contributed by atoms with E-state index in [0.717, 1.165) is 11.1 Å². The summed E-state index contributed by atoms with van der Waals surface area (Å²) in [6, 6.07) is 1.45. The van der Waals surface area contributed by atoms with Crippen LogP contribution in [0.15, 0.2) is 18.5 Å². The standard InChI is InChI=1S/C8H8FN3.C2H2O3/c1-10-7-4-12-8-6(7)2-5(9)3-11-8;3-1-2(4)5/h2-4,10H,1H3,(H,11,12);1H,(H,4,5). The zero-order valence-electron chi connectivity index (χ0n) is 8.90. The van der Waals surface area contributed by atoms with Crippen LogP contribution in [0.25, 0.3) is 11.0 Å². The second-order valence-corrected chi connectivity index (χ2v) is 2.96. The van der Waals surface area contributed by atoms with E-state index in [2.05, 4.69) is 15.3 Å². The number of anilines is 1. The second-order valence-electron chi connectivity index (χ2n) is 2.96. The average Bonchev–Trinajstić information content (AvgIpc) is 2.71. The maximum absolute atomic E-state index is 12.7. The van der Waals surface area contributed by atoms with Crippen LogP contribution in [0.2, 0.25) is 0 Å². The third kappa shape index (κ3) is 3.26. The average molecular weight is 239 g/mol. The topological polar surface area (TPSA) is 95.1 Å². The van der Waals surface area contributed by atoms with Gasteiger partial charge in [0, 0.05) is 18.6 Å². The fraction of sp³-hybridized carbons (Fsp3) is 0.100. The van der Waals surface area contributed by atoms with Crippen molar-refractivity contribution < 1.29 is 19.1 Å². The van der Waals surface area contributed by atoms with Crippen LogP contribution in [0.1, 0.15) is 0 Å². The van der Waals surface area contributed by atoms with E-state index in [4.69, 9.17) is 14.7 Å². The highest BCUT2D eigenvalue weighted by molar-refractivity contribution is 6.19. The number of nitrogens with zero attached hydrogens (tertiary/aromatic N) is 1. The predicted molar refractivity (Wildman–Crippen MR) is 59.3 cm³/mol. The molecule has 0 spiro atoms. The minimum atomic E-state index is -1.43. The van der Waals surface area contributed by atoms with Gasteiger partial charge in [0.05, 0.1) is 11.9 Å². The lowest BCUT2D eigenvalue weighted by molar-refractivity contribution is -0.143. The summed E-state index contributed by atoms with van der Waals surface area (Å²) in [6.45, 7) is 0. The number of aromatic nitrogens is 2. The number of H-pyrrole nitrogens is 1. The highest BCUT2D eigenvalue weighted by atomic mass is 19.1. The van der Waals surface area contributed by atoms with Crippen LogP contribution in [-0.4, -0.2) is 34.4 Å². The molecule has 0 radical (unpaired) electrons. The fourth-order valence-corrected chi connectivity index (χ4v) is 1.18. The number of fused-ring (bicyclic) bond motifs is 1. The molecule has 0 aliphatic heterocycles. The van der Waals surface area contributed by atoms with Crippen molar-refractivity contribution in [1.29, 1.82) is 0 Å². The molecule has 0 saturated carbocycles. The van der Waals surface area contributed by atoms with Gasteiger partial charge in [-0.3, -0.25) is 4.79 Å². The van der Waals surface area contributed by atoms with Crippen molar-refractivity contribution >= 4 is 29.0 Å². The molecule has 2 aromatic rings. The maximum Gasteiger partial charge on any atom is 0.368 e. The van der Waals surface area contributed by atoms with Gasteiger partial charge in [-0.25, -0.2) is 14.2 Å². The summed E-state index contributed by atoms with van der Waals surface area (Å²) in [5.74, 6) is -1.75. The SMILES string of the molecule is CNc1c[nH]c2ncc(F)cc12.O=CC(=O)O. The van der Waals surface area contributed by atoms with E-state index < -0.39 is 5.97 Å². The summed E-state index contributed by atoms with van der Waals surface area (Å²) in [4.78, 5) is 24.7. The van der Waals surface area contributed by atoms with Crippen LogP contribution >= 0.6 is 0 Å². The van der Waals surface area contributed by atoms with Gasteiger partial charge in [-0.1, -0.05) is 0 Å². The third-order valence-corrected chi connectivity index (χ3v) is 1.87. The van der Waals surface area contributed by atoms with Gasteiger partial charge in [0.2, 0.25) is 6.29 Å². The molecule has 90 valence electrons. The van der Waals surface area contributed by atoms with Crippen molar-refractivity contribution in [3.63, 3.8) is 0 Å². The molecular weight excluding hydrogens is 229 g/mol. The largest absolute Gasteiger partial charge is 0.476 e. The Balaban J connectivity index is 0.000000249. The summed E-state index contributed by atoms with van der Waals surface area (Å²) in [5.41, 5.74) is 1.55. The van der Waals surface area contributed by atoms with Crippen molar-refractivity contribution in [2.75, 3.05) is 12.4 Å². The minimum Gasteiger partial charge on any atom is -0.476 e. The quantitative estimate of drug-likeness (QED) is 0.537. The monoisotopic (exact) mass is 239 g/mol. The van der Waals surface area contributed by atoms with Gasteiger partial charge in [0.15, 0.2) is 0 Å². The molecule has 0 atom stereocenters. The van der Waals surface area contributed by atoms with Gasteiger partial charge in [-0.2, -0.15) is 0 Å². The van der Waals surface area contributed by atoms with Crippen molar-refractivity contribution in [3.8, 4) is 0 Å². The van der Waals surface area contributed by atoms with Crippen LogP contribution < -0.4 is 5.32 Å². The molecule has 0 saturated heterocycles. The Bertz CT molecular complexity index is 539. The smallest absolute Gasteiger partial charge is 0.368 e. The number of carbonyl (C=O) groups is 2. The first-order valence-corrected chi connectivity index (χ1v) is 4.57. The van der Waals surface area contributed by atoms with Crippen molar-refractivity contribution in [1.82, 2.24) is 9.97 Å². The molecular formula is C10H10FN3O3. The first-order chi connectivity index (χ1) is 8.08. The van der Waals surface area contributed by atoms with Crippen molar-refractivity contribution in [2.24, 2.45) is 0 Å². The minimum absolute atomic E-state index is 0.167. The van der Waals surface area contributed by atoms with Gasteiger partial charge in [0.1, 0.15) is 11.5 Å². The molecule has 0 aliphatic rings. The molecule has 17 heavy (non-hydrogen) atoms. The lowest BCUT2D eigenvalue weighted by Gasteiger charge is -1.94. The first kappa shape index (κ1) is 12.6. The van der Waals surface area contributed by atoms with Gasteiger partial charge < -0.3 is 15.4 Å². The molecule has 6 nitrogen and oxygen atoms in total. The second kappa shape index (κ2) is 5.59. The molecule has 7 heteroatoms. The van der Waals surface area contributed by atoms with Crippen molar-refractivity contribution in [2.45, 2.75) is 0 Å². The van der Waals surface area contributed by atoms with E-state index in [1.807, 2.05) is 0 Å². The Morgan fingerprint density at radius 2 is 2.29 bits per heavy atom. The van der Waals surface area contributed by atoms with Gasteiger partial charge in [-0.15, -0.1) is 0 Å². The molecule has 0 bridgehead atoms. The summed E-state index contributed by atoms with van der Waals surface area (Å²) >= 11 is 0. The Labute approximate surface area is 95.5 Å². The predicted octanol–water partition coefficient (Wildman–Crippen LogP) is 1.01. The molecule has 2 aromatic heterocycles. The molecule has 0 aromatic carbocycles. The number of carbonyl (C=O) groups excluding carboxylic acids is 1. The number of carboxylic acids is 1. The normalized spacial score (nSPS) is 9.29. The molecule has 2 heterocycles. The number of carboxylic acid groups (broad SMARTS) is 1. The number of aromatic amines is 1. The molecule has 0 aliphatic carbocycles. The fourth-order valence-electron chi connectivity index (χ4n) is 1.18. The Kier molecular flexibility index (Phi) is 4.15. The van der Waals surface area contributed by atoms with Crippen LogP contribution in [0.3, 0.4) is 0 Å².